The number of piperazine rings is 1. The van der Waals surface area contributed by atoms with Gasteiger partial charge in [-0.25, -0.2) is 4.79 Å². The van der Waals surface area contributed by atoms with Crippen molar-refractivity contribution < 1.29 is 9.59 Å². The number of nitrogens with zero attached hydrogens (tertiary/aromatic N) is 2. The molecule has 0 spiro atoms. The van der Waals surface area contributed by atoms with Gasteiger partial charge in [-0.3, -0.25) is 4.79 Å². The van der Waals surface area contributed by atoms with Crippen molar-refractivity contribution in [3.8, 4) is 0 Å². The number of anilines is 1. The lowest BCUT2D eigenvalue weighted by molar-refractivity contribution is -0.131. The van der Waals surface area contributed by atoms with E-state index in [1.54, 1.807) is 0 Å². The molecule has 0 saturated carbocycles. The van der Waals surface area contributed by atoms with Gasteiger partial charge < -0.3 is 20.9 Å². The quantitative estimate of drug-likeness (QED) is 0.748. The smallest absolute Gasteiger partial charge is 0.312 e. The molecule has 1 aromatic rings. The van der Waals surface area contributed by atoms with E-state index in [0.717, 1.165) is 45.4 Å². The van der Waals surface area contributed by atoms with Gasteiger partial charge in [0.25, 0.3) is 0 Å². The lowest BCUT2D eigenvalue weighted by Crippen LogP contribution is -2.48. The van der Waals surface area contributed by atoms with Gasteiger partial charge in [0.2, 0.25) is 5.91 Å². The number of primary amides is 1. The Balaban J connectivity index is 1.66. The van der Waals surface area contributed by atoms with Crippen LogP contribution in [0.5, 0.6) is 0 Å². The van der Waals surface area contributed by atoms with Crippen LogP contribution in [0.25, 0.3) is 0 Å². The Labute approximate surface area is 144 Å². The predicted octanol–water partition coefficient (Wildman–Crippen LogP) is 1.87. The highest BCUT2D eigenvalue weighted by Gasteiger charge is 2.21. The van der Waals surface area contributed by atoms with E-state index in [-0.39, 0.29) is 5.91 Å². The van der Waals surface area contributed by atoms with Crippen molar-refractivity contribution >= 4 is 17.6 Å². The van der Waals surface area contributed by atoms with Crippen LogP contribution in [-0.2, 0) is 4.79 Å². The van der Waals surface area contributed by atoms with Crippen molar-refractivity contribution in [2.45, 2.75) is 32.6 Å². The minimum absolute atomic E-state index is 0.238. The van der Waals surface area contributed by atoms with Gasteiger partial charge in [0.05, 0.1) is 0 Å². The van der Waals surface area contributed by atoms with Crippen molar-refractivity contribution in [3.63, 3.8) is 0 Å². The monoisotopic (exact) mass is 332 g/mol. The molecule has 0 atom stereocenters. The summed E-state index contributed by atoms with van der Waals surface area (Å²) in [6.45, 7) is 6.06. The summed E-state index contributed by atoms with van der Waals surface area (Å²) in [4.78, 5) is 27.1. The van der Waals surface area contributed by atoms with Gasteiger partial charge in [-0.05, 0) is 31.4 Å². The van der Waals surface area contributed by atoms with Crippen molar-refractivity contribution in [2.75, 3.05) is 37.6 Å². The van der Waals surface area contributed by atoms with Crippen molar-refractivity contribution in [3.05, 3.63) is 29.8 Å². The first-order valence-electron chi connectivity index (χ1n) is 8.69. The number of unbranched alkanes of at least 4 members (excludes halogenated alkanes) is 2. The zero-order valence-electron chi connectivity index (χ0n) is 14.5. The fourth-order valence-corrected chi connectivity index (χ4v) is 3.06. The van der Waals surface area contributed by atoms with E-state index >= 15 is 0 Å². The Bertz CT molecular complexity index is 554. The number of nitrogens with two attached hydrogens (primary N) is 1. The van der Waals surface area contributed by atoms with E-state index in [4.69, 9.17) is 5.73 Å². The van der Waals surface area contributed by atoms with Crippen LogP contribution in [0.4, 0.5) is 10.5 Å². The van der Waals surface area contributed by atoms with Crippen LogP contribution in [0.2, 0.25) is 0 Å². The number of urea groups is 1. The molecule has 0 radical (unpaired) electrons. The van der Waals surface area contributed by atoms with E-state index in [2.05, 4.69) is 41.4 Å². The third-order valence-corrected chi connectivity index (χ3v) is 4.46. The number of carbonyl (C=O) groups excluding carboxylic acids is 2. The predicted molar refractivity (Wildman–Crippen MR) is 96.0 cm³/mol. The molecule has 2 rings (SSSR count). The van der Waals surface area contributed by atoms with Gasteiger partial charge in [-0.15, -0.1) is 0 Å². The molecule has 6 nitrogen and oxygen atoms in total. The number of hydrogen-bond donors (Lipinski definition) is 2. The van der Waals surface area contributed by atoms with E-state index in [1.807, 2.05) is 4.90 Å². The number of aryl methyl sites for hydroxylation is 1. The molecule has 1 fully saturated rings. The first-order chi connectivity index (χ1) is 11.6. The maximum Gasteiger partial charge on any atom is 0.312 e. The van der Waals surface area contributed by atoms with Gasteiger partial charge in [-0.2, -0.15) is 0 Å². The normalized spacial score (nSPS) is 14.5. The Hall–Kier alpha value is -2.24. The Kier molecular flexibility index (Phi) is 6.90. The number of benzene rings is 1. The van der Waals surface area contributed by atoms with Crippen LogP contribution in [0.1, 0.15) is 31.2 Å². The number of nitrogens with one attached hydrogen (secondary N) is 1. The summed E-state index contributed by atoms with van der Waals surface area (Å²) in [6, 6.07) is 7.90. The fourth-order valence-electron chi connectivity index (χ4n) is 3.06. The first-order valence-corrected chi connectivity index (χ1v) is 8.69. The molecule has 1 saturated heterocycles. The topological polar surface area (TPSA) is 78.7 Å². The lowest BCUT2D eigenvalue weighted by atomic mass is 10.1. The largest absolute Gasteiger partial charge is 0.368 e. The van der Waals surface area contributed by atoms with Crippen LogP contribution in [0.15, 0.2) is 24.3 Å². The molecular formula is C18H28N4O2. The molecule has 132 valence electrons. The summed E-state index contributed by atoms with van der Waals surface area (Å²) in [5.41, 5.74) is 7.55. The average Bonchev–Trinajstić information content (AvgIpc) is 2.58. The van der Waals surface area contributed by atoms with Crippen LogP contribution in [0, 0.1) is 6.92 Å². The lowest BCUT2D eigenvalue weighted by Gasteiger charge is -2.37. The molecule has 6 heteroatoms. The fraction of sp³-hybridized carbons (Fsp3) is 0.556. The molecule has 1 aliphatic rings. The minimum atomic E-state index is -0.488. The van der Waals surface area contributed by atoms with E-state index in [9.17, 15) is 9.59 Å². The summed E-state index contributed by atoms with van der Waals surface area (Å²) < 4.78 is 0. The molecule has 0 bridgehead atoms. The number of para-hydroxylation sites is 1. The van der Waals surface area contributed by atoms with E-state index in [0.29, 0.717) is 13.0 Å². The second-order valence-corrected chi connectivity index (χ2v) is 6.26. The molecule has 0 aromatic heterocycles. The van der Waals surface area contributed by atoms with Crippen LogP contribution < -0.4 is 16.0 Å². The Morgan fingerprint density at radius 1 is 1.08 bits per heavy atom. The standard InChI is InChI=1S/C18H28N4O2/c1-15-7-4-5-8-16(15)21-11-13-22(14-12-21)17(23)9-3-2-6-10-20-18(19)24/h4-5,7-8H,2-3,6,9-14H2,1H3,(H3,19,20,24). The first kappa shape index (κ1) is 18.1. The molecule has 3 N–H and O–H groups in total. The second-order valence-electron chi connectivity index (χ2n) is 6.26. The third-order valence-electron chi connectivity index (χ3n) is 4.46. The zero-order valence-corrected chi connectivity index (χ0v) is 14.5. The van der Waals surface area contributed by atoms with Crippen molar-refractivity contribution in [1.82, 2.24) is 10.2 Å². The maximum atomic E-state index is 12.3. The van der Waals surface area contributed by atoms with Gasteiger partial charge in [0.1, 0.15) is 0 Å². The van der Waals surface area contributed by atoms with Crippen LogP contribution in [-0.4, -0.2) is 49.6 Å². The number of rotatable bonds is 7. The molecule has 24 heavy (non-hydrogen) atoms. The second kappa shape index (κ2) is 9.15. The maximum absolute atomic E-state index is 12.3. The number of carbonyl (C=O) groups is 2. The molecule has 0 aliphatic carbocycles. The Morgan fingerprint density at radius 2 is 1.79 bits per heavy atom. The highest BCUT2D eigenvalue weighted by molar-refractivity contribution is 5.76. The summed E-state index contributed by atoms with van der Waals surface area (Å²) in [6.07, 6.45) is 3.23. The molecule has 3 amide bonds. The number of amides is 3. The van der Waals surface area contributed by atoms with Crippen molar-refractivity contribution in [2.24, 2.45) is 5.73 Å². The molecular weight excluding hydrogens is 304 g/mol. The third kappa shape index (κ3) is 5.44. The van der Waals surface area contributed by atoms with E-state index < -0.39 is 6.03 Å². The van der Waals surface area contributed by atoms with Gasteiger partial charge in [-0.1, -0.05) is 24.6 Å². The SMILES string of the molecule is Cc1ccccc1N1CCN(C(=O)CCCCCNC(N)=O)CC1. The Morgan fingerprint density at radius 3 is 2.46 bits per heavy atom. The van der Waals surface area contributed by atoms with Crippen LogP contribution >= 0.6 is 0 Å². The van der Waals surface area contributed by atoms with Gasteiger partial charge >= 0.3 is 6.03 Å². The van der Waals surface area contributed by atoms with Crippen molar-refractivity contribution in [1.29, 1.82) is 0 Å². The zero-order chi connectivity index (χ0) is 17.4. The molecule has 1 aliphatic heterocycles. The summed E-state index contributed by atoms with van der Waals surface area (Å²) in [7, 11) is 0. The minimum Gasteiger partial charge on any atom is -0.368 e. The summed E-state index contributed by atoms with van der Waals surface area (Å²) >= 11 is 0. The highest BCUT2D eigenvalue weighted by atomic mass is 16.2. The molecule has 1 aromatic carbocycles. The summed E-state index contributed by atoms with van der Waals surface area (Å²) in [5, 5.41) is 2.56. The number of hydrogen-bond acceptors (Lipinski definition) is 3. The highest BCUT2D eigenvalue weighted by Crippen LogP contribution is 2.21. The van der Waals surface area contributed by atoms with Gasteiger partial charge in [0, 0.05) is 44.8 Å². The molecule has 1 heterocycles. The summed E-state index contributed by atoms with van der Waals surface area (Å²) in [5.74, 6) is 0.238. The van der Waals surface area contributed by atoms with Gasteiger partial charge in [0.15, 0.2) is 0 Å². The molecule has 0 unspecified atom stereocenters. The average molecular weight is 332 g/mol. The van der Waals surface area contributed by atoms with Crippen LogP contribution in [0.3, 0.4) is 0 Å². The van der Waals surface area contributed by atoms with E-state index in [1.165, 1.54) is 11.3 Å².